The van der Waals surface area contributed by atoms with Crippen LogP contribution in [0.1, 0.15) is 5.56 Å². The Labute approximate surface area is 97.3 Å². The van der Waals surface area contributed by atoms with Crippen LogP contribution < -0.4 is 4.74 Å². The monoisotopic (exact) mass is 237 g/mol. The van der Waals surface area contributed by atoms with Crippen LogP contribution in [0.2, 0.25) is 5.02 Å². The minimum atomic E-state index is -0.436. The fourth-order valence-corrected chi connectivity index (χ4v) is 1.78. The van der Waals surface area contributed by atoms with Gasteiger partial charge in [0.05, 0.1) is 12.1 Å². The fraction of sp³-hybridized carbons (Fsp3) is 0.0833. The number of benzene rings is 1. The van der Waals surface area contributed by atoms with E-state index in [2.05, 4.69) is 11.6 Å². The average Bonchev–Trinajstić information content (AvgIpc) is 2.28. The van der Waals surface area contributed by atoms with Crippen LogP contribution in [0.3, 0.4) is 0 Å². The summed E-state index contributed by atoms with van der Waals surface area (Å²) in [5.74, 6) is -0.00807. The molecule has 2 rings (SSSR count). The highest BCUT2D eigenvalue weighted by Crippen LogP contribution is 2.30. The third-order valence-electron chi connectivity index (χ3n) is 2.33. The van der Waals surface area contributed by atoms with E-state index in [1.54, 1.807) is 12.1 Å². The van der Waals surface area contributed by atoms with Gasteiger partial charge in [0.2, 0.25) is 0 Å². The molecule has 1 heterocycles. The molecule has 0 radical (unpaired) electrons. The SMILES string of the molecule is C=Cc1c(Cl)cnc2c(F)cc(OC)cc12. The number of rotatable bonds is 2. The highest BCUT2D eigenvalue weighted by atomic mass is 35.5. The Morgan fingerprint density at radius 2 is 2.25 bits per heavy atom. The molecule has 82 valence electrons. The Balaban J connectivity index is 2.90. The van der Waals surface area contributed by atoms with Crippen LogP contribution in [-0.4, -0.2) is 12.1 Å². The summed E-state index contributed by atoms with van der Waals surface area (Å²) in [6.07, 6.45) is 2.99. The number of hydrogen-bond donors (Lipinski definition) is 0. The standard InChI is InChI=1S/C12H9ClFNO/c1-3-8-9-4-7(16-2)5-11(14)12(9)15-6-10(8)13/h3-6H,1H2,2H3. The Hall–Kier alpha value is -1.61. The molecule has 2 nitrogen and oxygen atoms in total. The largest absolute Gasteiger partial charge is 0.497 e. The second-order valence-corrected chi connectivity index (χ2v) is 3.64. The lowest BCUT2D eigenvalue weighted by Gasteiger charge is -2.07. The van der Waals surface area contributed by atoms with E-state index in [4.69, 9.17) is 16.3 Å². The third-order valence-corrected chi connectivity index (χ3v) is 2.63. The first kappa shape index (κ1) is 10.9. The van der Waals surface area contributed by atoms with Gasteiger partial charge >= 0.3 is 0 Å². The van der Waals surface area contributed by atoms with Crippen LogP contribution in [0.15, 0.2) is 24.9 Å². The second-order valence-electron chi connectivity index (χ2n) is 3.23. The number of hydrogen-bond acceptors (Lipinski definition) is 2. The molecular weight excluding hydrogens is 229 g/mol. The first-order valence-electron chi connectivity index (χ1n) is 4.61. The van der Waals surface area contributed by atoms with Gasteiger partial charge in [0, 0.05) is 23.2 Å². The van der Waals surface area contributed by atoms with Crippen molar-refractivity contribution in [3.63, 3.8) is 0 Å². The van der Waals surface area contributed by atoms with Gasteiger partial charge in [-0.05, 0) is 6.07 Å². The molecule has 0 bridgehead atoms. The molecule has 0 saturated heterocycles. The van der Waals surface area contributed by atoms with Crippen molar-refractivity contribution in [2.24, 2.45) is 0 Å². The molecular formula is C12H9ClFNO. The minimum absolute atomic E-state index is 0.264. The molecule has 0 fully saturated rings. The molecule has 0 saturated carbocycles. The first-order valence-corrected chi connectivity index (χ1v) is 4.99. The van der Waals surface area contributed by atoms with Gasteiger partial charge in [-0.25, -0.2) is 4.39 Å². The number of ether oxygens (including phenoxy) is 1. The summed E-state index contributed by atoms with van der Waals surface area (Å²) in [5.41, 5.74) is 0.921. The Bertz CT molecular complexity index is 568. The van der Waals surface area contributed by atoms with E-state index in [0.717, 1.165) is 0 Å². The number of nitrogens with zero attached hydrogens (tertiary/aromatic N) is 1. The van der Waals surface area contributed by atoms with Gasteiger partial charge in [0.15, 0.2) is 5.82 Å². The summed E-state index contributed by atoms with van der Waals surface area (Å²) in [5, 5.41) is 1.04. The van der Waals surface area contributed by atoms with Crippen molar-refractivity contribution >= 4 is 28.6 Å². The van der Waals surface area contributed by atoms with Crippen LogP contribution in [0.5, 0.6) is 5.75 Å². The van der Waals surface area contributed by atoms with E-state index in [-0.39, 0.29) is 5.52 Å². The minimum Gasteiger partial charge on any atom is -0.497 e. The van der Waals surface area contributed by atoms with Gasteiger partial charge in [-0.2, -0.15) is 0 Å². The molecule has 0 atom stereocenters. The summed E-state index contributed by atoms with van der Waals surface area (Å²) < 4.78 is 18.7. The van der Waals surface area contributed by atoms with Crippen LogP contribution in [0, 0.1) is 5.82 Å². The molecule has 0 N–H and O–H groups in total. The Morgan fingerprint density at radius 1 is 1.50 bits per heavy atom. The summed E-state index contributed by atoms with van der Waals surface area (Å²) in [7, 11) is 1.48. The third kappa shape index (κ3) is 1.63. The van der Waals surface area contributed by atoms with E-state index in [9.17, 15) is 4.39 Å². The van der Waals surface area contributed by atoms with Crippen LogP contribution in [0.4, 0.5) is 4.39 Å². The summed E-state index contributed by atoms with van der Waals surface area (Å²) in [6.45, 7) is 3.65. The van der Waals surface area contributed by atoms with Gasteiger partial charge < -0.3 is 4.74 Å². The van der Waals surface area contributed by atoms with Crippen molar-refractivity contribution in [3.8, 4) is 5.75 Å². The predicted octanol–water partition coefficient (Wildman–Crippen LogP) is 3.68. The molecule has 0 amide bonds. The molecule has 0 aliphatic rings. The zero-order valence-electron chi connectivity index (χ0n) is 8.63. The van der Waals surface area contributed by atoms with Crippen molar-refractivity contribution < 1.29 is 9.13 Å². The summed E-state index contributed by atoms with van der Waals surface area (Å²) in [6, 6.07) is 2.98. The molecule has 16 heavy (non-hydrogen) atoms. The van der Waals surface area contributed by atoms with Gasteiger partial charge in [0.25, 0.3) is 0 Å². The van der Waals surface area contributed by atoms with Gasteiger partial charge in [-0.15, -0.1) is 0 Å². The molecule has 1 aromatic heterocycles. The van der Waals surface area contributed by atoms with Crippen LogP contribution in [0.25, 0.3) is 17.0 Å². The van der Waals surface area contributed by atoms with E-state index in [0.29, 0.717) is 21.7 Å². The maximum absolute atomic E-state index is 13.7. The summed E-state index contributed by atoms with van der Waals surface area (Å²) >= 11 is 5.95. The Morgan fingerprint density at radius 3 is 2.88 bits per heavy atom. The average molecular weight is 238 g/mol. The van der Waals surface area contributed by atoms with E-state index in [1.165, 1.54) is 19.4 Å². The molecule has 0 aliphatic heterocycles. The summed E-state index contributed by atoms with van der Waals surface area (Å²) in [4.78, 5) is 3.95. The smallest absolute Gasteiger partial charge is 0.153 e. The lowest BCUT2D eigenvalue weighted by molar-refractivity contribution is 0.412. The molecule has 1 aromatic carbocycles. The molecule has 0 unspecified atom stereocenters. The highest BCUT2D eigenvalue weighted by Gasteiger charge is 2.10. The fourth-order valence-electron chi connectivity index (χ4n) is 1.56. The lowest BCUT2D eigenvalue weighted by Crippen LogP contribution is -1.91. The second kappa shape index (κ2) is 4.10. The normalized spacial score (nSPS) is 10.4. The highest BCUT2D eigenvalue weighted by molar-refractivity contribution is 6.33. The zero-order chi connectivity index (χ0) is 11.7. The van der Waals surface area contributed by atoms with E-state index in [1.807, 2.05) is 0 Å². The van der Waals surface area contributed by atoms with Crippen molar-refractivity contribution in [3.05, 3.63) is 41.3 Å². The topological polar surface area (TPSA) is 22.1 Å². The molecule has 0 spiro atoms. The first-order chi connectivity index (χ1) is 7.67. The van der Waals surface area contributed by atoms with Gasteiger partial charge in [-0.1, -0.05) is 24.3 Å². The van der Waals surface area contributed by atoms with Crippen LogP contribution >= 0.6 is 11.6 Å². The zero-order valence-corrected chi connectivity index (χ0v) is 9.38. The molecule has 4 heteroatoms. The van der Waals surface area contributed by atoms with Gasteiger partial charge in [-0.3, -0.25) is 4.98 Å². The number of pyridine rings is 1. The predicted molar refractivity (Wildman–Crippen MR) is 63.4 cm³/mol. The van der Waals surface area contributed by atoms with Crippen molar-refractivity contribution in [2.45, 2.75) is 0 Å². The van der Waals surface area contributed by atoms with Crippen molar-refractivity contribution in [2.75, 3.05) is 7.11 Å². The van der Waals surface area contributed by atoms with E-state index < -0.39 is 5.82 Å². The van der Waals surface area contributed by atoms with Gasteiger partial charge in [0.1, 0.15) is 11.3 Å². The quantitative estimate of drug-likeness (QED) is 0.795. The number of fused-ring (bicyclic) bond motifs is 1. The number of methoxy groups -OCH3 is 1. The molecule has 2 aromatic rings. The Kier molecular flexibility index (Phi) is 2.79. The van der Waals surface area contributed by atoms with E-state index >= 15 is 0 Å². The number of halogens is 2. The van der Waals surface area contributed by atoms with Crippen molar-refractivity contribution in [1.82, 2.24) is 4.98 Å². The number of aromatic nitrogens is 1. The maximum atomic E-state index is 13.7. The molecule has 0 aliphatic carbocycles. The van der Waals surface area contributed by atoms with Crippen LogP contribution in [-0.2, 0) is 0 Å². The maximum Gasteiger partial charge on any atom is 0.153 e. The lowest BCUT2D eigenvalue weighted by atomic mass is 10.1. The van der Waals surface area contributed by atoms with Crippen molar-refractivity contribution in [1.29, 1.82) is 0 Å².